The zero-order valence-electron chi connectivity index (χ0n) is 11.7. The van der Waals surface area contributed by atoms with Gasteiger partial charge in [0.2, 0.25) is 0 Å². The maximum absolute atomic E-state index is 12.4. The zero-order chi connectivity index (χ0) is 15.2. The van der Waals surface area contributed by atoms with E-state index in [1.807, 2.05) is 37.3 Å². The number of amides is 1. The van der Waals surface area contributed by atoms with E-state index in [9.17, 15) is 4.79 Å². The van der Waals surface area contributed by atoms with Crippen molar-refractivity contribution < 1.29 is 4.79 Å². The third-order valence-electron chi connectivity index (χ3n) is 3.08. The van der Waals surface area contributed by atoms with E-state index in [0.29, 0.717) is 11.3 Å². The van der Waals surface area contributed by atoms with Crippen LogP contribution >= 0.6 is 12.2 Å². The molecule has 5 heteroatoms. The van der Waals surface area contributed by atoms with Gasteiger partial charge < -0.3 is 16.4 Å². The molecule has 108 valence electrons. The van der Waals surface area contributed by atoms with Gasteiger partial charge in [0.15, 0.2) is 5.11 Å². The number of nitrogens with one attached hydrogen (secondary N) is 2. The highest BCUT2D eigenvalue weighted by Gasteiger charge is 2.12. The summed E-state index contributed by atoms with van der Waals surface area (Å²) in [6, 6.07) is 14.8. The highest BCUT2D eigenvalue weighted by atomic mass is 32.1. The number of para-hydroxylation sites is 2. The monoisotopic (exact) mass is 299 g/mol. The molecular formula is C16H17N3OS. The van der Waals surface area contributed by atoms with Crippen LogP contribution in [0.2, 0.25) is 0 Å². The van der Waals surface area contributed by atoms with Crippen molar-refractivity contribution in [3.05, 3.63) is 59.7 Å². The Hall–Kier alpha value is -2.40. The first-order valence-electron chi connectivity index (χ1n) is 6.66. The molecule has 0 saturated heterocycles. The summed E-state index contributed by atoms with van der Waals surface area (Å²) in [4.78, 5) is 12.4. The van der Waals surface area contributed by atoms with Crippen LogP contribution in [0.1, 0.15) is 22.8 Å². The molecular weight excluding hydrogens is 282 g/mol. The molecule has 0 bridgehead atoms. The molecule has 0 saturated carbocycles. The van der Waals surface area contributed by atoms with Crippen LogP contribution in [0.3, 0.4) is 0 Å². The standard InChI is InChI=1S/C16H17N3OS/c1-2-11-7-3-5-9-13(11)18-15(20)12-8-4-6-10-14(12)19-16(17)21/h3-10H,2H2,1H3,(H,18,20)(H3,17,19,21). The van der Waals surface area contributed by atoms with Crippen molar-refractivity contribution >= 4 is 34.6 Å². The molecule has 0 spiro atoms. The highest BCUT2D eigenvalue weighted by Crippen LogP contribution is 2.20. The fraction of sp³-hybridized carbons (Fsp3) is 0.125. The molecule has 2 aromatic carbocycles. The number of carbonyl (C=O) groups is 1. The number of aryl methyl sites for hydroxylation is 1. The van der Waals surface area contributed by atoms with E-state index in [-0.39, 0.29) is 11.0 Å². The molecule has 4 nitrogen and oxygen atoms in total. The summed E-state index contributed by atoms with van der Waals surface area (Å²) < 4.78 is 0. The second-order valence-corrected chi connectivity index (χ2v) is 4.94. The minimum atomic E-state index is -0.199. The number of rotatable bonds is 4. The lowest BCUT2D eigenvalue weighted by Crippen LogP contribution is -2.22. The van der Waals surface area contributed by atoms with E-state index in [1.54, 1.807) is 18.2 Å². The van der Waals surface area contributed by atoms with Gasteiger partial charge >= 0.3 is 0 Å². The number of thiocarbonyl (C=S) groups is 1. The zero-order valence-corrected chi connectivity index (χ0v) is 12.5. The lowest BCUT2D eigenvalue weighted by Gasteiger charge is -2.13. The van der Waals surface area contributed by atoms with Gasteiger partial charge in [0.25, 0.3) is 5.91 Å². The molecule has 2 rings (SSSR count). The van der Waals surface area contributed by atoms with Gasteiger partial charge in [-0.1, -0.05) is 37.3 Å². The van der Waals surface area contributed by atoms with Crippen molar-refractivity contribution in [1.82, 2.24) is 0 Å². The van der Waals surface area contributed by atoms with Crippen LogP contribution in [0.5, 0.6) is 0 Å². The smallest absolute Gasteiger partial charge is 0.257 e. The summed E-state index contributed by atoms with van der Waals surface area (Å²) in [5, 5.41) is 5.87. The molecule has 0 fully saturated rings. The Balaban J connectivity index is 2.26. The Labute approximate surface area is 129 Å². The van der Waals surface area contributed by atoms with Crippen LogP contribution < -0.4 is 16.4 Å². The first-order valence-corrected chi connectivity index (χ1v) is 7.07. The van der Waals surface area contributed by atoms with Crippen LogP contribution in [-0.4, -0.2) is 11.0 Å². The number of nitrogens with two attached hydrogens (primary N) is 1. The molecule has 0 atom stereocenters. The summed E-state index contributed by atoms with van der Waals surface area (Å²) in [6.07, 6.45) is 0.850. The summed E-state index contributed by atoms with van der Waals surface area (Å²) >= 11 is 4.83. The van der Waals surface area contributed by atoms with E-state index in [2.05, 4.69) is 10.6 Å². The molecule has 2 aromatic rings. The van der Waals surface area contributed by atoms with E-state index in [0.717, 1.165) is 17.7 Å². The fourth-order valence-electron chi connectivity index (χ4n) is 2.06. The maximum Gasteiger partial charge on any atom is 0.257 e. The Morgan fingerprint density at radius 1 is 1.05 bits per heavy atom. The van der Waals surface area contributed by atoms with Gasteiger partial charge in [0, 0.05) is 5.69 Å². The number of anilines is 2. The lowest BCUT2D eigenvalue weighted by atomic mass is 10.1. The second-order valence-electron chi connectivity index (χ2n) is 4.50. The first-order chi connectivity index (χ1) is 10.1. The molecule has 0 radical (unpaired) electrons. The Bertz CT molecular complexity index is 670. The van der Waals surface area contributed by atoms with Crippen molar-refractivity contribution in [1.29, 1.82) is 0 Å². The van der Waals surface area contributed by atoms with Crippen molar-refractivity contribution in [2.75, 3.05) is 10.6 Å². The Kier molecular flexibility index (Phi) is 4.90. The van der Waals surface area contributed by atoms with Crippen molar-refractivity contribution in [3.8, 4) is 0 Å². The average Bonchev–Trinajstić information content (AvgIpc) is 2.47. The van der Waals surface area contributed by atoms with E-state index < -0.39 is 0 Å². The van der Waals surface area contributed by atoms with Gasteiger partial charge in [0.05, 0.1) is 11.3 Å². The second kappa shape index (κ2) is 6.85. The topological polar surface area (TPSA) is 67.2 Å². The fourth-order valence-corrected chi connectivity index (χ4v) is 2.17. The maximum atomic E-state index is 12.4. The third-order valence-corrected chi connectivity index (χ3v) is 3.18. The quantitative estimate of drug-likeness (QED) is 0.759. The molecule has 0 aliphatic heterocycles. The summed E-state index contributed by atoms with van der Waals surface area (Å²) in [6.45, 7) is 2.05. The van der Waals surface area contributed by atoms with E-state index in [4.69, 9.17) is 18.0 Å². The largest absolute Gasteiger partial charge is 0.376 e. The van der Waals surface area contributed by atoms with Crippen molar-refractivity contribution in [3.63, 3.8) is 0 Å². The van der Waals surface area contributed by atoms with Crippen LogP contribution in [0.4, 0.5) is 11.4 Å². The summed E-state index contributed by atoms with van der Waals surface area (Å²) in [7, 11) is 0. The summed E-state index contributed by atoms with van der Waals surface area (Å²) in [5.41, 5.74) is 8.47. The van der Waals surface area contributed by atoms with Crippen LogP contribution in [0.25, 0.3) is 0 Å². The minimum Gasteiger partial charge on any atom is -0.376 e. The number of hydrogen-bond acceptors (Lipinski definition) is 2. The van der Waals surface area contributed by atoms with E-state index in [1.165, 1.54) is 0 Å². The van der Waals surface area contributed by atoms with Gasteiger partial charge in [-0.15, -0.1) is 0 Å². The van der Waals surface area contributed by atoms with Crippen LogP contribution in [0.15, 0.2) is 48.5 Å². The van der Waals surface area contributed by atoms with Gasteiger partial charge in [-0.25, -0.2) is 0 Å². The highest BCUT2D eigenvalue weighted by molar-refractivity contribution is 7.80. The number of hydrogen-bond donors (Lipinski definition) is 3. The van der Waals surface area contributed by atoms with Crippen LogP contribution in [-0.2, 0) is 6.42 Å². The van der Waals surface area contributed by atoms with Crippen molar-refractivity contribution in [2.24, 2.45) is 5.73 Å². The predicted molar refractivity (Wildman–Crippen MR) is 90.6 cm³/mol. The Morgan fingerprint density at radius 2 is 1.67 bits per heavy atom. The van der Waals surface area contributed by atoms with Gasteiger partial charge in [0.1, 0.15) is 0 Å². The minimum absolute atomic E-state index is 0.129. The molecule has 0 aromatic heterocycles. The molecule has 4 N–H and O–H groups in total. The number of benzene rings is 2. The van der Waals surface area contributed by atoms with E-state index >= 15 is 0 Å². The lowest BCUT2D eigenvalue weighted by molar-refractivity contribution is 0.102. The van der Waals surface area contributed by atoms with Gasteiger partial charge in [-0.3, -0.25) is 4.79 Å². The molecule has 21 heavy (non-hydrogen) atoms. The van der Waals surface area contributed by atoms with Gasteiger partial charge in [-0.2, -0.15) is 0 Å². The normalized spacial score (nSPS) is 9.95. The SMILES string of the molecule is CCc1ccccc1NC(=O)c1ccccc1NC(N)=S. The molecule has 0 aliphatic rings. The van der Waals surface area contributed by atoms with Crippen molar-refractivity contribution in [2.45, 2.75) is 13.3 Å². The number of carbonyl (C=O) groups excluding carboxylic acids is 1. The van der Waals surface area contributed by atoms with Crippen LogP contribution in [0, 0.1) is 0 Å². The average molecular weight is 299 g/mol. The summed E-state index contributed by atoms with van der Waals surface area (Å²) in [5.74, 6) is -0.199. The molecule has 0 aliphatic carbocycles. The predicted octanol–water partition coefficient (Wildman–Crippen LogP) is 3.16. The molecule has 0 unspecified atom stereocenters. The molecule has 0 heterocycles. The Morgan fingerprint density at radius 3 is 2.33 bits per heavy atom. The molecule has 1 amide bonds. The van der Waals surface area contributed by atoms with Gasteiger partial charge in [-0.05, 0) is 42.4 Å². The first kappa shape index (κ1) is 15.0. The third kappa shape index (κ3) is 3.79.